The Balaban J connectivity index is 3.23. The van der Waals surface area contributed by atoms with Crippen molar-refractivity contribution < 1.29 is 19.4 Å². The van der Waals surface area contributed by atoms with E-state index in [-0.39, 0.29) is 19.4 Å². The molecule has 0 saturated carbocycles. The summed E-state index contributed by atoms with van der Waals surface area (Å²) >= 11 is 0. The maximum Gasteiger partial charge on any atom is 0.514 e. The van der Waals surface area contributed by atoms with Crippen LogP contribution in [0.5, 0.6) is 0 Å². The molecular formula is C5H11NO4P+. The van der Waals surface area contributed by atoms with Gasteiger partial charge in [-0.15, -0.1) is 4.52 Å². The highest BCUT2D eigenvalue weighted by molar-refractivity contribution is 7.40. The summed E-state index contributed by atoms with van der Waals surface area (Å²) < 4.78 is 15.5. The summed E-state index contributed by atoms with van der Waals surface area (Å²) in [5.74, 6) is 0. The smallest absolute Gasteiger partial charge is 0.411 e. The summed E-state index contributed by atoms with van der Waals surface area (Å²) in [5, 5.41) is 18.9. The molecule has 0 heterocycles. The second kappa shape index (κ2) is 7.60. The fraction of sp³-hybridized carbons (Fsp3) is 0.800. The highest BCUT2D eigenvalue weighted by atomic mass is 31.1. The van der Waals surface area contributed by atoms with Crippen LogP contribution in [0.4, 0.5) is 0 Å². The van der Waals surface area contributed by atoms with E-state index in [9.17, 15) is 4.57 Å². The van der Waals surface area contributed by atoms with Crippen LogP contribution in [0.25, 0.3) is 0 Å². The minimum atomic E-state index is -1.77. The third-order valence-corrected chi connectivity index (χ3v) is 1.78. The second-order valence-electron chi connectivity index (χ2n) is 1.72. The molecule has 0 spiro atoms. The number of oxime groups is 1. The fourth-order valence-electron chi connectivity index (χ4n) is 0.387. The first kappa shape index (κ1) is 10.5. The normalized spacial score (nSPS) is 12.3. The van der Waals surface area contributed by atoms with Gasteiger partial charge in [0.2, 0.25) is 6.16 Å². The molecule has 5 nitrogen and oxygen atoms in total. The predicted molar refractivity (Wildman–Crippen MR) is 40.4 cm³/mol. The SMILES string of the molecule is O=[P+](CC=NO)OCCCO. The van der Waals surface area contributed by atoms with Crippen molar-refractivity contribution in [1.82, 2.24) is 0 Å². The van der Waals surface area contributed by atoms with E-state index in [1.165, 1.54) is 0 Å². The maximum atomic E-state index is 10.7. The molecular weight excluding hydrogens is 169 g/mol. The van der Waals surface area contributed by atoms with Crippen molar-refractivity contribution in [1.29, 1.82) is 0 Å². The molecule has 0 radical (unpaired) electrons. The number of hydrogen-bond acceptors (Lipinski definition) is 5. The van der Waals surface area contributed by atoms with Crippen molar-refractivity contribution >= 4 is 14.2 Å². The highest BCUT2D eigenvalue weighted by Crippen LogP contribution is 2.19. The summed E-state index contributed by atoms with van der Waals surface area (Å²) in [7, 11) is -1.77. The molecule has 0 bridgehead atoms. The quantitative estimate of drug-likeness (QED) is 0.206. The van der Waals surface area contributed by atoms with Crippen LogP contribution in [0.2, 0.25) is 0 Å². The molecule has 0 aromatic carbocycles. The molecule has 1 unspecified atom stereocenters. The molecule has 0 aromatic heterocycles. The van der Waals surface area contributed by atoms with Gasteiger partial charge in [0.15, 0.2) is 0 Å². The summed E-state index contributed by atoms with van der Waals surface area (Å²) in [5.41, 5.74) is 0. The Bertz CT molecular complexity index is 138. The minimum absolute atomic E-state index is 0.0251. The summed E-state index contributed by atoms with van der Waals surface area (Å²) in [6.45, 7) is 0.294. The molecule has 1 atom stereocenters. The average Bonchev–Trinajstić information content (AvgIpc) is 2.01. The molecule has 0 saturated heterocycles. The zero-order valence-electron chi connectivity index (χ0n) is 6.01. The van der Waals surface area contributed by atoms with Crippen LogP contribution < -0.4 is 0 Å². The third kappa shape index (κ3) is 7.39. The van der Waals surface area contributed by atoms with Gasteiger partial charge < -0.3 is 10.3 Å². The van der Waals surface area contributed by atoms with Gasteiger partial charge in [-0.3, -0.25) is 0 Å². The molecule has 2 N–H and O–H groups in total. The van der Waals surface area contributed by atoms with Gasteiger partial charge in [0.05, 0.1) is 6.21 Å². The molecule has 0 amide bonds. The zero-order chi connectivity index (χ0) is 8.53. The molecule has 0 aliphatic carbocycles. The van der Waals surface area contributed by atoms with E-state index in [2.05, 4.69) is 5.16 Å². The lowest BCUT2D eigenvalue weighted by atomic mass is 10.5. The first-order valence-electron chi connectivity index (χ1n) is 3.15. The van der Waals surface area contributed by atoms with E-state index in [0.717, 1.165) is 6.21 Å². The van der Waals surface area contributed by atoms with Gasteiger partial charge >= 0.3 is 8.03 Å². The molecule has 0 aromatic rings. The Labute approximate surface area is 65.5 Å². The molecule has 64 valence electrons. The molecule has 0 aliphatic heterocycles. The van der Waals surface area contributed by atoms with Crippen molar-refractivity contribution in [3.05, 3.63) is 0 Å². The zero-order valence-corrected chi connectivity index (χ0v) is 6.91. The summed E-state index contributed by atoms with van der Waals surface area (Å²) in [4.78, 5) is 0. The lowest BCUT2D eigenvalue weighted by Gasteiger charge is -1.86. The van der Waals surface area contributed by atoms with Gasteiger partial charge in [0.25, 0.3) is 0 Å². The average molecular weight is 180 g/mol. The van der Waals surface area contributed by atoms with Crippen molar-refractivity contribution in [2.75, 3.05) is 19.4 Å². The third-order valence-electron chi connectivity index (χ3n) is 0.850. The lowest BCUT2D eigenvalue weighted by Crippen LogP contribution is -1.92. The number of rotatable bonds is 6. The molecule has 0 fully saturated rings. The highest BCUT2D eigenvalue weighted by Gasteiger charge is 2.14. The number of nitrogens with zero attached hydrogens (tertiary/aromatic N) is 1. The van der Waals surface area contributed by atoms with Gasteiger partial charge in [-0.1, -0.05) is 5.16 Å². The Hall–Kier alpha value is -0.510. The van der Waals surface area contributed by atoms with Gasteiger partial charge in [0.1, 0.15) is 6.61 Å². The Kier molecular flexibility index (Phi) is 7.24. The number of hydrogen-bond donors (Lipinski definition) is 2. The molecule has 11 heavy (non-hydrogen) atoms. The van der Waals surface area contributed by atoms with E-state index in [0.29, 0.717) is 6.42 Å². The monoisotopic (exact) mass is 180 g/mol. The van der Waals surface area contributed by atoms with Crippen LogP contribution in [-0.2, 0) is 9.09 Å². The van der Waals surface area contributed by atoms with Gasteiger partial charge in [-0.25, -0.2) is 0 Å². The maximum absolute atomic E-state index is 10.7. The van der Waals surface area contributed by atoms with Crippen LogP contribution in [0.15, 0.2) is 5.16 Å². The van der Waals surface area contributed by atoms with Crippen molar-refractivity contribution in [3.8, 4) is 0 Å². The van der Waals surface area contributed by atoms with Gasteiger partial charge in [-0.2, -0.15) is 0 Å². The van der Waals surface area contributed by atoms with Gasteiger partial charge in [0, 0.05) is 6.61 Å². The molecule has 6 heteroatoms. The Morgan fingerprint density at radius 2 is 2.36 bits per heavy atom. The van der Waals surface area contributed by atoms with Crippen LogP contribution in [0, 0.1) is 0 Å². The van der Waals surface area contributed by atoms with Crippen LogP contribution in [0.1, 0.15) is 6.42 Å². The van der Waals surface area contributed by atoms with Crippen LogP contribution >= 0.6 is 8.03 Å². The molecule has 0 rings (SSSR count). The standard InChI is InChI=1S/C5H10NO4P/c7-3-1-4-10-11(9)5-2-6-8/h2,7H,1,3-5H2/p+1. The molecule has 0 aliphatic rings. The van der Waals surface area contributed by atoms with E-state index in [4.69, 9.17) is 14.8 Å². The van der Waals surface area contributed by atoms with Crippen LogP contribution in [-0.4, -0.2) is 35.9 Å². The van der Waals surface area contributed by atoms with Crippen molar-refractivity contribution in [2.24, 2.45) is 5.16 Å². The topological polar surface area (TPSA) is 79.1 Å². The van der Waals surface area contributed by atoms with Gasteiger partial charge in [-0.05, 0) is 11.0 Å². The number of aliphatic hydroxyl groups is 1. The van der Waals surface area contributed by atoms with E-state index < -0.39 is 8.03 Å². The van der Waals surface area contributed by atoms with E-state index >= 15 is 0 Å². The van der Waals surface area contributed by atoms with Crippen LogP contribution in [0.3, 0.4) is 0 Å². The second-order valence-corrected chi connectivity index (χ2v) is 3.01. The van der Waals surface area contributed by atoms with Crippen molar-refractivity contribution in [2.45, 2.75) is 6.42 Å². The Morgan fingerprint density at radius 1 is 1.64 bits per heavy atom. The largest absolute Gasteiger partial charge is 0.514 e. The van der Waals surface area contributed by atoms with Crippen molar-refractivity contribution in [3.63, 3.8) is 0 Å². The predicted octanol–water partition coefficient (Wildman–Crippen LogP) is 0.588. The minimum Gasteiger partial charge on any atom is -0.411 e. The van der Waals surface area contributed by atoms with E-state index in [1.54, 1.807) is 0 Å². The number of aliphatic hydroxyl groups excluding tert-OH is 1. The first-order valence-corrected chi connectivity index (χ1v) is 4.52. The fourth-order valence-corrected chi connectivity index (χ4v) is 1.03. The summed E-state index contributed by atoms with van der Waals surface area (Å²) in [6, 6.07) is 0. The Morgan fingerprint density at radius 3 is 2.91 bits per heavy atom. The first-order chi connectivity index (χ1) is 5.31. The van der Waals surface area contributed by atoms with E-state index in [1.807, 2.05) is 0 Å². The summed E-state index contributed by atoms with van der Waals surface area (Å²) in [6.07, 6.45) is 1.69. The lowest BCUT2D eigenvalue weighted by molar-refractivity contribution is 0.240.